The maximum atomic E-state index is 4.78. The minimum absolute atomic E-state index is 0. The van der Waals surface area contributed by atoms with E-state index >= 15 is 0 Å². The first-order valence-corrected chi connectivity index (χ1v) is 10.2. The van der Waals surface area contributed by atoms with Gasteiger partial charge >= 0.3 is 0 Å². The fraction of sp³-hybridized carbons (Fsp3) is 0.261. The van der Waals surface area contributed by atoms with Crippen LogP contribution in [-0.4, -0.2) is 50.3 Å². The fourth-order valence-corrected chi connectivity index (χ4v) is 3.36. The standard InChI is InChI=1S/C23H27N7.HI/c1-3-24-23(25-13-12-19-16-30-14-8-7-11-22(30)27-19)29(2)17-21-26-15-20(28-21)18-9-5-4-6-10-18;/h4-11,14-16H,3,12-13,17H2,1-2H3,(H,24,25)(H,26,28);1H. The number of guanidine groups is 1. The second-order valence-electron chi connectivity index (χ2n) is 7.15. The van der Waals surface area contributed by atoms with Crippen LogP contribution < -0.4 is 5.32 Å². The topological polar surface area (TPSA) is 73.6 Å². The summed E-state index contributed by atoms with van der Waals surface area (Å²) < 4.78 is 2.04. The third-order valence-corrected chi connectivity index (χ3v) is 4.84. The van der Waals surface area contributed by atoms with Gasteiger partial charge in [-0.15, -0.1) is 24.0 Å². The molecule has 7 nitrogen and oxygen atoms in total. The molecule has 0 bridgehead atoms. The van der Waals surface area contributed by atoms with Crippen molar-refractivity contribution in [3.8, 4) is 11.3 Å². The van der Waals surface area contributed by atoms with Crippen LogP contribution in [0.2, 0.25) is 0 Å². The summed E-state index contributed by atoms with van der Waals surface area (Å²) in [7, 11) is 2.02. The molecular weight excluding hydrogens is 501 g/mol. The van der Waals surface area contributed by atoms with Gasteiger partial charge in [-0.1, -0.05) is 36.4 Å². The molecule has 31 heavy (non-hydrogen) atoms. The molecule has 0 unspecified atom stereocenters. The lowest BCUT2D eigenvalue weighted by Crippen LogP contribution is -2.38. The highest BCUT2D eigenvalue weighted by Crippen LogP contribution is 2.16. The monoisotopic (exact) mass is 529 g/mol. The number of imidazole rings is 2. The van der Waals surface area contributed by atoms with Gasteiger partial charge in [-0.2, -0.15) is 0 Å². The summed E-state index contributed by atoms with van der Waals surface area (Å²) in [6.45, 7) is 4.20. The largest absolute Gasteiger partial charge is 0.357 e. The average molecular weight is 529 g/mol. The van der Waals surface area contributed by atoms with Crippen molar-refractivity contribution in [2.45, 2.75) is 19.9 Å². The molecule has 0 atom stereocenters. The van der Waals surface area contributed by atoms with Gasteiger partial charge in [0.05, 0.1) is 24.1 Å². The molecule has 0 aliphatic rings. The molecule has 0 saturated carbocycles. The number of hydrogen-bond donors (Lipinski definition) is 2. The maximum Gasteiger partial charge on any atom is 0.194 e. The average Bonchev–Trinajstić information content (AvgIpc) is 3.40. The van der Waals surface area contributed by atoms with Crippen molar-refractivity contribution in [3.63, 3.8) is 0 Å². The van der Waals surface area contributed by atoms with Crippen LogP contribution in [0.5, 0.6) is 0 Å². The molecule has 1 aromatic carbocycles. The van der Waals surface area contributed by atoms with E-state index in [9.17, 15) is 0 Å². The van der Waals surface area contributed by atoms with E-state index in [0.717, 1.165) is 47.3 Å². The lowest BCUT2D eigenvalue weighted by Gasteiger charge is -2.21. The normalized spacial score (nSPS) is 11.4. The maximum absolute atomic E-state index is 4.78. The zero-order valence-corrected chi connectivity index (χ0v) is 20.2. The summed E-state index contributed by atoms with van der Waals surface area (Å²) in [5, 5.41) is 3.36. The van der Waals surface area contributed by atoms with Crippen LogP contribution in [0.1, 0.15) is 18.4 Å². The van der Waals surface area contributed by atoms with Crippen LogP contribution in [0.15, 0.2) is 72.1 Å². The number of aromatic amines is 1. The molecule has 162 valence electrons. The molecule has 4 rings (SSSR count). The molecule has 8 heteroatoms. The van der Waals surface area contributed by atoms with Gasteiger partial charge in [-0.05, 0) is 24.6 Å². The molecule has 0 fully saturated rings. The summed E-state index contributed by atoms with van der Waals surface area (Å²) in [5.74, 6) is 1.77. The van der Waals surface area contributed by atoms with Crippen LogP contribution in [0.4, 0.5) is 0 Å². The molecule has 0 saturated heterocycles. The Hall–Kier alpha value is -2.88. The number of halogens is 1. The number of hydrogen-bond acceptors (Lipinski definition) is 3. The van der Waals surface area contributed by atoms with Crippen molar-refractivity contribution in [1.29, 1.82) is 0 Å². The summed E-state index contributed by atoms with van der Waals surface area (Å²) >= 11 is 0. The van der Waals surface area contributed by atoms with Gasteiger partial charge in [0.1, 0.15) is 11.5 Å². The molecule has 4 aromatic rings. The van der Waals surface area contributed by atoms with Crippen LogP contribution in [0.25, 0.3) is 16.9 Å². The molecule has 0 amide bonds. The Morgan fingerprint density at radius 3 is 2.74 bits per heavy atom. The van der Waals surface area contributed by atoms with Crippen LogP contribution >= 0.6 is 24.0 Å². The van der Waals surface area contributed by atoms with E-state index in [1.54, 1.807) is 0 Å². The second kappa shape index (κ2) is 10.9. The van der Waals surface area contributed by atoms with Crippen molar-refractivity contribution in [3.05, 3.63) is 78.6 Å². The van der Waals surface area contributed by atoms with Crippen molar-refractivity contribution in [2.24, 2.45) is 4.99 Å². The van der Waals surface area contributed by atoms with Gasteiger partial charge in [0, 0.05) is 39.0 Å². The highest BCUT2D eigenvalue weighted by atomic mass is 127. The van der Waals surface area contributed by atoms with E-state index in [0.29, 0.717) is 13.1 Å². The first-order chi connectivity index (χ1) is 14.7. The summed E-state index contributed by atoms with van der Waals surface area (Å²) in [6, 6.07) is 16.2. The minimum atomic E-state index is 0. The third kappa shape index (κ3) is 5.84. The Kier molecular flexibility index (Phi) is 8.05. The predicted molar refractivity (Wildman–Crippen MR) is 136 cm³/mol. The van der Waals surface area contributed by atoms with E-state index in [2.05, 4.69) is 50.4 Å². The van der Waals surface area contributed by atoms with Crippen LogP contribution in [0, 0.1) is 0 Å². The van der Waals surface area contributed by atoms with Crippen molar-refractivity contribution in [2.75, 3.05) is 20.1 Å². The molecule has 2 N–H and O–H groups in total. The first-order valence-electron chi connectivity index (χ1n) is 10.2. The Labute approximate surface area is 199 Å². The lowest BCUT2D eigenvalue weighted by molar-refractivity contribution is 0.464. The van der Waals surface area contributed by atoms with Crippen molar-refractivity contribution >= 4 is 35.6 Å². The molecular formula is C23H28IN7. The highest BCUT2D eigenvalue weighted by molar-refractivity contribution is 14.0. The van der Waals surface area contributed by atoms with E-state index in [4.69, 9.17) is 4.99 Å². The third-order valence-electron chi connectivity index (χ3n) is 4.84. The number of nitrogens with zero attached hydrogens (tertiary/aromatic N) is 5. The number of benzene rings is 1. The Morgan fingerprint density at radius 2 is 1.97 bits per heavy atom. The Balaban J connectivity index is 0.00000272. The lowest BCUT2D eigenvalue weighted by atomic mass is 10.2. The van der Waals surface area contributed by atoms with E-state index in [-0.39, 0.29) is 24.0 Å². The summed E-state index contributed by atoms with van der Waals surface area (Å²) in [5.41, 5.74) is 4.16. The van der Waals surface area contributed by atoms with Crippen LogP contribution in [-0.2, 0) is 13.0 Å². The fourth-order valence-electron chi connectivity index (χ4n) is 3.36. The van der Waals surface area contributed by atoms with Crippen LogP contribution in [0.3, 0.4) is 0 Å². The number of fused-ring (bicyclic) bond motifs is 1. The van der Waals surface area contributed by atoms with Gasteiger partial charge in [0.15, 0.2) is 5.96 Å². The number of pyridine rings is 1. The van der Waals surface area contributed by atoms with Gasteiger partial charge in [-0.3, -0.25) is 4.99 Å². The number of rotatable bonds is 7. The molecule has 0 aliphatic carbocycles. The first kappa shape index (κ1) is 22.8. The molecule has 0 aliphatic heterocycles. The van der Waals surface area contributed by atoms with E-state index in [1.165, 1.54) is 0 Å². The second-order valence-corrected chi connectivity index (χ2v) is 7.15. The summed E-state index contributed by atoms with van der Waals surface area (Å²) in [4.78, 5) is 19.4. The van der Waals surface area contributed by atoms with Crippen molar-refractivity contribution in [1.82, 2.24) is 29.6 Å². The highest BCUT2D eigenvalue weighted by Gasteiger charge is 2.10. The van der Waals surface area contributed by atoms with Gasteiger partial charge in [0.2, 0.25) is 0 Å². The number of nitrogens with one attached hydrogen (secondary N) is 2. The number of aliphatic imine (C=N–C) groups is 1. The van der Waals surface area contributed by atoms with Gasteiger partial charge in [-0.25, -0.2) is 9.97 Å². The van der Waals surface area contributed by atoms with Gasteiger partial charge < -0.3 is 19.6 Å². The predicted octanol–water partition coefficient (Wildman–Crippen LogP) is 3.98. The Bertz CT molecular complexity index is 1080. The van der Waals surface area contributed by atoms with E-state index < -0.39 is 0 Å². The minimum Gasteiger partial charge on any atom is -0.357 e. The quantitative estimate of drug-likeness (QED) is 0.216. The zero-order valence-electron chi connectivity index (χ0n) is 17.8. The number of H-pyrrole nitrogens is 1. The van der Waals surface area contributed by atoms with Gasteiger partial charge in [0.25, 0.3) is 0 Å². The molecule has 0 spiro atoms. The molecule has 3 heterocycles. The zero-order chi connectivity index (χ0) is 20.8. The van der Waals surface area contributed by atoms with E-state index in [1.807, 2.05) is 60.2 Å². The SMILES string of the molecule is CCNC(=NCCc1cn2ccccc2n1)N(C)Cc1ncc(-c2ccccc2)[nH]1.I. The Morgan fingerprint density at radius 1 is 1.16 bits per heavy atom. The summed E-state index contributed by atoms with van der Waals surface area (Å²) in [6.07, 6.45) is 6.75. The number of aromatic nitrogens is 4. The molecule has 3 aromatic heterocycles. The van der Waals surface area contributed by atoms with Crippen molar-refractivity contribution < 1.29 is 0 Å². The molecule has 0 radical (unpaired) electrons. The smallest absolute Gasteiger partial charge is 0.194 e.